The number of anilines is 1. The van der Waals surface area contributed by atoms with Crippen LogP contribution in [0.5, 0.6) is 0 Å². The van der Waals surface area contributed by atoms with Gasteiger partial charge in [0.05, 0.1) is 22.6 Å². The number of ether oxygens (including phenoxy) is 1. The van der Waals surface area contributed by atoms with E-state index in [2.05, 4.69) is 10.3 Å². The Morgan fingerprint density at radius 1 is 1.55 bits per heavy atom. The molecule has 5 nitrogen and oxygen atoms in total. The molecule has 120 valence electrons. The van der Waals surface area contributed by atoms with Gasteiger partial charge >= 0.3 is 12.1 Å². The smallest absolute Gasteiger partial charge is 0.417 e. The Morgan fingerprint density at radius 2 is 2.23 bits per heavy atom. The topological polar surface area (TPSA) is 68.3 Å². The zero-order chi connectivity index (χ0) is 16.5. The number of cyclic esters (lactones) is 1. The second-order valence-electron chi connectivity index (χ2n) is 4.98. The SMILES string of the molecule is CC1CC(CC(=O)Nc2ncc(C(F)(F)F)cc2Cl)C(=O)O1. The summed E-state index contributed by atoms with van der Waals surface area (Å²) in [6, 6.07) is 0.677. The molecule has 1 fully saturated rings. The number of nitrogens with one attached hydrogen (secondary N) is 1. The molecule has 1 N–H and O–H groups in total. The maximum Gasteiger partial charge on any atom is 0.417 e. The molecule has 9 heteroatoms. The van der Waals surface area contributed by atoms with Crippen molar-refractivity contribution < 1.29 is 27.5 Å². The van der Waals surface area contributed by atoms with Crippen LogP contribution in [0, 0.1) is 5.92 Å². The molecule has 0 aromatic carbocycles. The quantitative estimate of drug-likeness (QED) is 0.861. The van der Waals surface area contributed by atoms with Gasteiger partial charge in [-0.1, -0.05) is 11.6 Å². The Kier molecular flexibility index (Phi) is 4.60. The summed E-state index contributed by atoms with van der Waals surface area (Å²) in [5, 5.41) is 1.97. The van der Waals surface area contributed by atoms with Crippen LogP contribution in [0.15, 0.2) is 12.3 Å². The number of esters is 1. The zero-order valence-electron chi connectivity index (χ0n) is 11.4. The van der Waals surface area contributed by atoms with Gasteiger partial charge in [-0.2, -0.15) is 13.2 Å². The van der Waals surface area contributed by atoms with E-state index in [-0.39, 0.29) is 23.4 Å². The number of hydrogen-bond donors (Lipinski definition) is 1. The van der Waals surface area contributed by atoms with Gasteiger partial charge in [0.25, 0.3) is 0 Å². The first-order valence-corrected chi connectivity index (χ1v) is 6.77. The Morgan fingerprint density at radius 3 is 2.73 bits per heavy atom. The standard InChI is InChI=1S/C13H12ClF3N2O3/c1-6-2-7(12(21)22-6)3-10(20)19-11-9(14)4-8(5-18-11)13(15,16)17/h4-7H,2-3H2,1H3,(H,18,19,20). The highest BCUT2D eigenvalue weighted by Crippen LogP contribution is 2.32. The first kappa shape index (κ1) is 16.5. The van der Waals surface area contributed by atoms with Gasteiger partial charge in [-0.05, 0) is 19.4 Å². The van der Waals surface area contributed by atoms with Crippen LogP contribution >= 0.6 is 11.6 Å². The fourth-order valence-electron chi connectivity index (χ4n) is 2.10. The van der Waals surface area contributed by atoms with Crippen LogP contribution in [0.3, 0.4) is 0 Å². The van der Waals surface area contributed by atoms with Crippen molar-refractivity contribution in [2.45, 2.75) is 32.0 Å². The van der Waals surface area contributed by atoms with E-state index in [4.69, 9.17) is 16.3 Å². The minimum Gasteiger partial charge on any atom is -0.462 e. The summed E-state index contributed by atoms with van der Waals surface area (Å²) in [6.45, 7) is 1.71. The molecule has 1 aromatic rings. The molecule has 22 heavy (non-hydrogen) atoms. The van der Waals surface area contributed by atoms with E-state index in [0.29, 0.717) is 18.7 Å². The Labute approximate surface area is 128 Å². The van der Waals surface area contributed by atoms with Gasteiger partial charge < -0.3 is 10.1 Å². The number of nitrogens with zero attached hydrogens (tertiary/aromatic N) is 1. The third-order valence-electron chi connectivity index (χ3n) is 3.13. The maximum atomic E-state index is 12.5. The van der Waals surface area contributed by atoms with Gasteiger partial charge in [-0.25, -0.2) is 4.98 Å². The monoisotopic (exact) mass is 336 g/mol. The lowest BCUT2D eigenvalue weighted by Gasteiger charge is -2.11. The fraction of sp³-hybridized carbons (Fsp3) is 0.462. The van der Waals surface area contributed by atoms with E-state index >= 15 is 0 Å². The first-order chi connectivity index (χ1) is 10.2. The molecule has 1 aliphatic heterocycles. The number of hydrogen-bond acceptors (Lipinski definition) is 4. The predicted molar refractivity (Wildman–Crippen MR) is 71.2 cm³/mol. The summed E-state index contributed by atoms with van der Waals surface area (Å²) >= 11 is 5.68. The Balaban J connectivity index is 2.02. The van der Waals surface area contributed by atoms with E-state index in [1.165, 1.54) is 0 Å². The van der Waals surface area contributed by atoms with Gasteiger partial charge in [0, 0.05) is 12.6 Å². The second kappa shape index (κ2) is 6.12. The van der Waals surface area contributed by atoms with E-state index < -0.39 is 29.5 Å². The van der Waals surface area contributed by atoms with Crippen molar-refractivity contribution in [3.63, 3.8) is 0 Å². The number of carbonyl (C=O) groups excluding carboxylic acids is 2. The molecule has 1 saturated heterocycles. The van der Waals surface area contributed by atoms with Crippen molar-refractivity contribution >= 4 is 29.3 Å². The highest BCUT2D eigenvalue weighted by atomic mass is 35.5. The molecule has 1 amide bonds. The van der Waals surface area contributed by atoms with Crippen LogP contribution < -0.4 is 5.32 Å². The molecule has 0 spiro atoms. The molecule has 1 aliphatic rings. The highest BCUT2D eigenvalue weighted by Gasteiger charge is 2.34. The summed E-state index contributed by atoms with van der Waals surface area (Å²) < 4.78 is 42.3. The summed E-state index contributed by atoms with van der Waals surface area (Å²) in [7, 11) is 0. The third kappa shape index (κ3) is 3.88. The van der Waals surface area contributed by atoms with Crippen molar-refractivity contribution in [3.8, 4) is 0 Å². The molecule has 0 radical (unpaired) electrons. The van der Waals surface area contributed by atoms with Crippen molar-refractivity contribution in [1.29, 1.82) is 0 Å². The fourth-order valence-corrected chi connectivity index (χ4v) is 2.31. The molecule has 2 atom stereocenters. The summed E-state index contributed by atoms with van der Waals surface area (Å²) in [4.78, 5) is 26.7. The van der Waals surface area contributed by atoms with Crippen LogP contribution in [-0.4, -0.2) is 23.0 Å². The van der Waals surface area contributed by atoms with Gasteiger partial charge in [0.1, 0.15) is 0 Å². The lowest BCUT2D eigenvalue weighted by atomic mass is 10.0. The number of pyridine rings is 1. The van der Waals surface area contributed by atoms with Crippen molar-refractivity contribution in [2.24, 2.45) is 5.92 Å². The van der Waals surface area contributed by atoms with E-state index in [1.807, 2.05) is 0 Å². The van der Waals surface area contributed by atoms with Crippen molar-refractivity contribution in [1.82, 2.24) is 4.98 Å². The largest absolute Gasteiger partial charge is 0.462 e. The summed E-state index contributed by atoms with van der Waals surface area (Å²) in [6.07, 6.45) is -3.96. The van der Waals surface area contributed by atoms with Crippen molar-refractivity contribution in [2.75, 3.05) is 5.32 Å². The minimum absolute atomic E-state index is 0.137. The lowest BCUT2D eigenvalue weighted by Crippen LogP contribution is -2.20. The van der Waals surface area contributed by atoms with E-state index in [9.17, 15) is 22.8 Å². The van der Waals surface area contributed by atoms with Gasteiger partial charge in [0.2, 0.25) is 5.91 Å². The molecule has 2 rings (SSSR count). The number of rotatable bonds is 3. The zero-order valence-corrected chi connectivity index (χ0v) is 12.2. The molecule has 2 unspecified atom stereocenters. The number of halogens is 4. The third-order valence-corrected chi connectivity index (χ3v) is 3.41. The Hall–Kier alpha value is -1.83. The lowest BCUT2D eigenvalue weighted by molar-refractivity contribution is -0.145. The van der Waals surface area contributed by atoms with Crippen LogP contribution in [0.1, 0.15) is 25.3 Å². The average Bonchev–Trinajstić information content (AvgIpc) is 2.69. The van der Waals surface area contributed by atoms with E-state index in [1.54, 1.807) is 6.92 Å². The summed E-state index contributed by atoms with van der Waals surface area (Å²) in [5.74, 6) is -1.78. The van der Waals surface area contributed by atoms with Crippen LogP contribution in [0.25, 0.3) is 0 Å². The Bertz CT molecular complexity index is 607. The minimum atomic E-state index is -4.57. The predicted octanol–water partition coefficient (Wildman–Crippen LogP) is 3.03. The molecular weight excluding hydrogens is 325 g/mol. The first-order valence-electron chi connectivity index (χ1n) is 6.40. The molecule has 2 heterocycles. The molecular formula is C13H12ClF3N2O3. The number of alkyl halides is 3. The number of carbonyl (C=O) groups is 2. The second-order valence-corrected chi connectivity index (χ2v) is 5.39. The molecule has 1 aromatic heterocycles. The van der Waals surface area contributed by atoms with Crippen LogP contribution in [-0.2, 0) is 20.5 Å². The number of aromatic nitrogens is 1. The average molecular weight is 337 g/mol. The normalized spacial score (nSPS) is 21.6. The highest BCUT2D eigenvalue weighted by molar-refractivity contribution is 6.33. The molecule has 0 bridgehead atoms. The maximum absolute atomic E-state index is 12.5. The van der Waals surface area contributed by atoms with Crippen LogP contribution in [0.2, 0.25) is 5.02 Å². The van der Waals surface area contributed by atoms with Gasteiger partial charge in [0.15, 0.2) is 5.82 Å². The molecule has 0 aliphatic carbocycles. The molecule has 0 saturated carbocycles. The van der Waals surface area contributed by atoms with Gasteiger partial charge in [-0.3, -0.25) is 9.59 Å². The summed E-state index contributed by atoms with van der Waals surface area (Å²) in [5.41, 5.74) is -1.01. The van der Waals surface area contributed by atoms with Gasteiger partial charge in [-0.15, -0.1) is 0 Å². The van der Waals surface area contributed by atoms with Crippen molar-refractivity contribution in [3.05, 3.63) is 22.8 Å². The van der Waals surface area contributed by atoms with E-state index in [0.717, 1.165) is 0 Å². The van der Waals surface area contributed by atoms with Crippen LogP contribution in [0.4, 0.5) is 19.0 Å². The number of amides is 1.